The molecule has 0 aliphatic carbocycles. The Balaban J connectivity index is 0.00000338. The van der Waals surface area contributed by atoms with Gasteiger partial charge in [0.1, 0.15) is 12.4 Å². The second-order valence-corrected chi connectivity index (χ2v) is 5.25. The van der Waals surface area contributed by atoms with E-state index in [9.17, 15) is 0 Å². The lowest BCUT2D eigenvalue weighted by atomic mass is 10.3. The minimum atomic E-state index is 0. The molecule has 0 aromatic heterocycles. The van der Waals surface area contributed by atoms with Crippen LogP contribution in [0, 0.1) is 0 Å². The van der Waals surface area contributed by atoms with Gasteiger partial charge in [-0.15, -0.1) is 24.0 Å². The summed E-state index contributed by atoms with van der Waals surface area (Å²) < 4.78 is 26.6. The van der Waals surface area contributed by atoms with Crippen LogP contribution in [0.1, 0.15) is 6.42 Å². The molecule has 2 N–H and O–H groups in total. The van der Waals surface area contributed by atoms with Gasteiger partial charge in [-0.2, -0.15) is 0 Å². The van der Waals surface area contributed by atoms with E-state index in [2.05, 4.69) is 15.6 Å². The number of nitrogens with one attached hydrogen (secondary N) is 2. The van der Waals surface area contributed by atoms with Crippen molar-refractivity contribution in [1.82, 2.24) is 10.6 Å². The van der Waals surface area contributed by atoms with Crippen LogP contribution < -0.4 is 24.8 Å². The minimum Gasteiger partial charge on any atom is -0.492 e. The molecule has 1 heterocycles. The van der Waals surface area contributed by atoms with Crippen LogP contribution in [0.5, 0.6) is 17.2 Å². The number of aliphatic imine (C=N–C) groups is 1. The zero-order chi connectivity index (χ0) is 17.7. The van der Waals surface area contributed by atoms with Gasteiger partial charge in [0.05, 0.1) is 19.8 Å². The number of nitrogens with zero attached hydrogens (tertiary/aromatic N) is 1. The van der Waals surface area contributed by atoms with Crippen LogP contribution in [0.25, 0.3) is 0 Å². The second kappa shape index (κ2) is 13.7. The predicted molar refractivity (Wildman–Crippen MR) is 110 cm³/mol. The minimum absolute atomic E-state index is 0. The van der Waals surface area contributed by atoms with E-state index >= 15 is 0 Å². The molecule has 0 saturated heterocycles. The number of hydrogen-bond acceptors (Lipinski definition) is 6. The number of halogens is 1. The van der Waals surface area contributed by atoms with Gasteiger partial charge in [-0.3, -0.25) is 4.99 Å². The Labute approximate surface area is 171 Å². The zero-order valence-electron chi connectivity index (χ0n) is 15.3. The lowest BCUT2D eigenvalue weighted by Gasteiger charge is -2.12. The third-order valence-electron chi connectivity index (χ3n) is 3.42. The van der Waals surface area contributed by atoms with E-state index in [4.69, 9.17) is 23.7 Å². The number of guanidine groups is 1. The summed E-state index contributed by atoms with van der Waals surface area (Å²) in [5, 5.41) is 6.43. The van der Waals surface area contributed by atoms with E-state index in [1.807, 2.05) is 18.2 Å². The van der Waals surface area contributed by atoms with Crippen molar-refractivity contribution in [2.75, 3.05) is 60.5 Å². The van der Waals surface area contributed by atoms with E-state index in [1.165, 1.54) is 0 Å². The number of fused-ring (bicyclic) bond motifs is 1. The maximum absolute atomic E-state index is 5.69. The van der Waals surface area contributed by atoms with Gasteiger partial charge in [-0.25, -0.2) is 0 Å². The van der Waals surface area contributed by atoms with Gasteiger partial charge in [-0.1, -0.05) is 0 Å². The van der Waals surface area contributed by atoms with E-state index < -0.39 is 0 Å². The third-order valence-corrected chi connectivity index (χ3v) is 3.42. The molecule has 26 heavy (non-hydrogen) atoms. The van der Waals surface area contributed by atoms with Crippen molar-refractivity contribution >= 4 is 29.9 Å². The summed E-state index contributed by atoms with van der Waals surface area (Å²) in [7, 11) is 3.40. The molecule has 0 bridgehead atoms. The van der Waals surface area contributed by atoms with Gasteiger partial charge in [0.2, 0.25) is 6.79 Å². The Morgan fingerprint density at radius 2 is 1.88 bits per heavy atom. The first-order valence-electron chi connectivity index (χ1n) is 8.37. The Hall–Kier alpha value is -1.46. The Kier molecular flexibility index (Phi) is 11.9. The Morgan fingerprint density at radius 1 is 1.08 bits per heavy atom. The fourth-order valence-corrected chi connectivity index (χ4v) is 2.15. The SMILES string of the molecule is CN=C(NCCCOCCOC)NCCOc1ccc2c(c1)OCO2.I. The molecule has 2 rings (SSSR count). The monoisotopic (exact) mass is 481 g/mol. The first-order valence-corrected chi connectivity index (χ1v) is 8.37. The molecule has 0 amide bonds. The van der Waals surface area contributed by atoms with E-state index in [0.29, 0.717) is 33.0 Å². The molecule has 9 heteroatoms. The van der Waals surface area contributed by atoms with Crippen molar-refractivity contribution in [1.29, 1.82) is 0 Å². The van der Waals surface area contributed by atoms with E-state index in [-0.39, 0.29) is 30.8 Å². The van der Waals surface area contributed by atoms with E-state index in [0.717, 1.165) is 36.2 Å². The molecule has 148 valence electrons. The van der Waals surface area contributed by atoms with Crippen LogP contribution in [-0.2, 0) is 9.47 Å². The predicted octanol–water partition coefficient (Wildman–Crippen LogP) is 1.63. The summed E-state index contributed by atoms with van der Waals surface area (Å²) in [6, 6.07) is 5.55. The molecule has 0 radical (unpaired) electrons. The average Bonchev–Trinajstić information content (AvgIpc) is 3.10. The summed E-state index contributed by atoms with van der Waals surface area (Å²) in [6.07, 6.45) is 0.901. The fourth-order valence-electron chi connectivity index (χ4n) is 2.15. The summed E-state index contributed by atoms with van der Waals surface area (Å²) in [5.74, 6) is 2.96. The molecule has 0 spiro atoms. The molecule has 0 unspecified atom stereocenters. The molecule has 0 fully saturated rings. The highest BCUT2D eigenvalue weighted by atomic mass is 127. The molecule has 8 nitrogen and oxygen atoms in total. The third kappa shape index (κ3) is 8.28. The highest BCUT2D eigenvalue weighted by Crippen LogP contribution is 2.34. The largest absolute Gasteiger partial charge is 0.492 e. The van der Waals surface area contributed by atoms with Crippen molar-refractivity contribution in [2.24, 2.45) is 4.99 Å². The van der Waals surface area contributed by atoms with Crippen molar-refractivity contribution < 1.29 is 23.7 Å². The lowest BCUT2D eigenvalue weighted by Crippen LogP contribution is -2.39. The number of methoxy groups -OCH3 is 1. The molecular weight excluding hydrogens is 453 g/mol. The highest BCUT2D eigenvalue weighted by Gasteiger charge is 2.13. The molecule has 1 aliphatic heterocycles. The van der Waals surface area contributed by atoms with Crippen molar-refractivity contribution in [3.05, 3.63) is 18.2 Å². The van der Waals surface area contributed by atoms with Gasteiger partial charge in [0, 0.05) is 33.4 Å². The summed E-state index contributed by atoms with van der Waals surface area (Å²) in [4.78, 5) is 4.17. The summed E-state index contributed by atoms with van der Waals surface area (Å²) in [5.41, 5.74) is 0. The van der Waals surface area contributed by atoms with Gasteiger partial charge < -0.3 is 34.3 Å². The van der Waals surface area contributed by atoms with Crippen LogP contribution in [0.4, 0.5) is 0 Å². The summed E-state index contributed by atoms with van der Waals surface area (Å²) in [6.45, 7) is 4.15. The highest BCUT2D eigenvalue weighted by molar-refractivity contribution is 14.0. The van der Waals surface area contributed by atoms with Crippen LogP contribution in [0.2, 0.25) is 0 Å². The molecule has 0 atom stereocenters. The normalized spacial score (nSPS) is 12.5. The van der Waals surface area contributed by atoms with Crippen LogP contribution in [0.15, 0.2) is 23.2 Å². The zero-order valence-corrected chi connectivity index (χ0v) is 17.6. The maximum Gasteiger partial charge on any atom is 0.231 e. The number of ether oxygens (including phenoxy) is 5. The molecule has 1 aromatic rings. The van der Waals surface area contributed by atoms with Crippen molar-refractivity contribution in [2.45, 2.75) is 6.42 Å². The van der Waals surface area contributed by atoms with Crippen LogP contribution in [-0.4, -0.2) is 66.4 Å². The quantitative estimate of drug-likeness (QED) is 0.215. The smallest absolute Gasteiger partial charge is 0.231 e. The molecule has 1 aromatic carbocycles. The second-order valence-electron chi connectivity index (χ2n) is 5.25. The fraction of sp³-hybridized carbons (Fsp3) is 0.588. The van der Waals surface area contributed by atoms with Gasteiger partial charge in [-0.05, 0) is 18.6 Å². The molecule has 0 saturated carbocycles. The van der Waals surface area contributed by atoms with Crippen molar-refractivity contribution in [3.8, 4) is 17.2 Å². The molecule has 1 aliphatic rings. The van der Waals surface area contributed by atoms with Gasteiger partial charge in [0.15, 0.2) is 17.5 Å². The Morgan fingerprint density at radius 3 is 2.69 bits per heavy atom. The first kappa shape index (κ1) is 22.6. The maximum atomic E-state index is 5.69. The standard InChI is InChI=1S/C17H27N3O5.HI/c1-18-17(19-6-3-8-22-11-10-21-2)20-7-9-23-14-4-5-15-16(12-14)25-13-24-15;/h4-5,12H,3,6-11,13H2,1-2H3,(H2,18,19,20);1H. The van der Waals surface area contributed by atoms with Crippen LogP contribution >= 0.6 is 24.0 Å². The number of benzene rings is 1. The lowest BCUT2D eigenvalue weighted by molar-refractivity contribution is 0.0698. The molecular formula is C17H28IN3O5. The topological polar surface area (TPSA) is 82.6 Å². The van der Waals surface area contributed by atoms with E-state index in [1.54, 1.807) is 14.2 Å². The Bertz CT molecular complexity index is 545. The average molecular weight is 481 g/mol. The van der Waals surface area contributed by atoms with Crippen LogP contribution in [0.3, 0.4) is 0 Å². The summed E-state index contributed by atoms with van der Waals surface area (Å²) >= 11 is 0. The van der Waals surface area contributed by atoms with Gasteiger partial charge in [0.25, 0.3) is 0 Å². The number of hydrogen-bond donors (Lipinski definition) is 2. The first-order chi connectivity index (χ1) is 12.3. The van der Waals surface area contributed by atoms with Crippen molar-refractivity contribution in [3.63, 3.8) is 0 Å². The van der Waals surface area contributed by atoms with Gasteiger partial charge >= 0.3 is 0 Å². The number of rotatable bonds is 11.